The topological polar surface area (TPSA) is 84.3 Å². The van der Waals surface area contributed by atoms with Gasteiger partial charge in [0, 0.05) is 26.3 Å². The normalized spacial score (nSPS) is 21.7. The molecule has 8 heteroatoms. The smallest absolute Gasteiger partial charge is 0.321 e. The van der Waals surface area contributed by atoms with Gasteiger partial charge in [-0.1, -0.05) is 20.8 Å². The van der Waals surface area contributed by atoms with Gasteiger partial charge in [0.2, 0.25) is 0 Å². The standard InChI is InChI=1S/C14H24N4O3S/c1-10(2)13-12(8-17(4)16-13)15-14(19)18-5-6-22(20,21)9-11(3)7-18/h8,10-11H,5-7,9H2,1-4H3,(H,15,19). The van der Waals surface area contributed by atoms with E-state index >= 15 is 0 Å². The molecule has 1 N–H and O–H groups in total. The van der Waals surface area contributed by atoms with E-state index in [1.165, 1.54) is 0 Å². The van der Waals surface area contributed by atoms with Crippen molar-refractivity contribution in [3.05, 3.63) is 11.9 Å². The van der Waals surface area contributed by atoms with Crippen molar-refractivity contribution in [1.82, 2.24) is 14.7 Å². The summed E-state index contributed by atoms with van der Waals surface area (Å²) < 4.78 is 25.2. The third-order valence-corrected chi connectivity index (χ3v) is 5.56. The molecule has 0 spiro atoms. The number of anilines is 1. The Morgan fingerprint density at radius 1 is 1.45 bits per heavy atom. The maximum atomic E-state index is 12.4. The van der Waals surface area contributed by atoms with Gasteiger partial charge in [0.25, 0.3) is 0 Å². The zero-order valence-corrected chi connectivity index (χ0v) is 14.4. The summed E-state index contributed by atoms with van der Waals surface area (Å²) in [5.74, 6) is 0.298. The van der Waals surface area contributed by atoms with Crippen molar-refractivity contribution in [2.45, 2.75) is 26.7 Å². The highest BCUT2D eigenvalue weighted by Crippen LogP contribution is 2.22. The van der Waals surface area contributed by atoms with Gasteiger partial charge in [0.15, 0.2) is 9.84 Å². The van der Waals surface area contributed by atoms with E-state index in [4.69, 9.17) is 0 Å². The molecule has 1 fully saturated rings. The number of aryl methyl sites for hydroxylation is 1. The number of carbonyl (C=O) groups excluding carboxylic acids is 1. The highest BCUT2D eigenvalue weighted by Gasteiger charge is 2.27. The van der Waals surface area contributed by atoms with Gasteiger partial charge < -0.3 is 10.2 Å². The molecule has 0 radical (unpaired) electrons. The Labute approximate surface area is 131 Å². The van der Waals surface area contributed by atoms with Crippen molar-refractivity contribution >= 4 is 21.6 Å². The van der Waals surface area contributed by atoms with Crippen LogP contribution in [0, 0.1) is 5.92 Å². The van der Waals surface area contributed by atoms with Crippen LogP contribution in [-0.2, 0) is 16.9 Å². The van der Waals surface area contributed by atoms with E-state index in [1.807, 2.05) is 27.8 Å². The Hall–Kier alpha value is -1.57. The van der Waals surface area contributed by atoms with E-state index in [0.29, 0.717) is 12.2 Å². The van der Waals surface area contributed by atoms with E-state index in [9.17, 15) is 13.2 Å². The summed E-state index contributed by atoms with van der Waals surface area (Å²) in [6.07, 6.45) is 1.77. The van der Waals surface area contributed by atoms with Gasteiger partial charge in [-0.3, -0.25) is 4.68 Å². The zero-order valence-electron chi connectivity index (χ0n) is 13.5. The molecule has 2 heterocycles. The summed E-state index contributed by atoms with van der Waals surface area (Å²) in [5, 5.41) is 7.22. The second-order valence-electron chi connectivity index (χ2n) is 6.35. The van der Waals surface area contributed by atoms with Crippen LogP contribution in [0.3, 0.4) is 0 Å². The van der Waals surface area contributed by atoms with E-state index in [0.717, 1.165) is 5.69 Å². The number of sulfone groups is 1. The number of hydrogen-bond acceptors (Lipinski definition) is 4. The summed E-state index contributed by atoms with van der Waals surface area (Å²) in [5.41, 5.74) is 1.51. The monoisotopic (exact) mass is 328 g/mol. The molecule has 1 aliphatic rings. The largest absolute Gasteiger partial charge is 0.323 e. The number of carbonyl (C=O) groups is 1. The molecule has 1 aromatic heterocycles. The predicted octanol–water partition coefficient (Wildman–Crippen LogP) is 1.44. The zero-order chi connectivity index (χ0) is 16.5. The molecule has 0 aromatic carbocycles. The lowest BCUT2D eigenvalue weighted by Gasteiger charge is -2.22. The summed E-state index contributed by atoms with van der Waals surface area (Å²) in [6, 6.07) is -0.265. The molecule has 1 aromatic rings. The molecule has 0 aliphatic carbocycles. The Kier molecular flexibility index (Phi) is 4.79. The predicted molar refractivity (Wildman–Crippen MR) is 85.7 cm³/mol. The van der Waals surface area contributed by atoms with Crippen LogP contribution in [0.25, 0.3) is 0 Å². The van der Waals surface area contributed by atoms with Crippen LogP contribution in [0.15, 0.2) is 6.20 Å². The van der Waals surface area contributed by atoms with Gasteiger partial charge in [-0.15, -0.1) is 0 Å². The van der Waals surface area contributed by atoms with Crippen LogP contribution in [0.5, 0.6) is 0 Å². The molecule has 2 rings (SSSR count). The Bertz CT molecular complexity index is 651. The summed E-state index contributed by atoms with van der Waals surface area (Å²) in [7, 11) is -1.26. The van der Waals surface area contributed by atoms with Crippen LogP contribution in [0.1, 0.15) is 32.4 Å². The van der Waals surface area contributed by atoms with E-state index in [-0.39, 0.29) is 35.9 Å². The lowest BCUT2D eigenvalue weighted by atomic mass is 10.1. The second kappa shape index (κ2) is 6.28. The molecule has 0 saturated carbocycles. The number of amides is 2. The Balaban J connectivity index is 2.12. The maximum Gasteiger partial charge on any atom is 0.321 e. The third-order valence-electron chi connectivity index (χ3n) is 3.68. The maximum absolute atomic E-state index is 12.4. The van der Waals surface area contributed by atoms with E-state index in [2.05, 4.69) is 10.4 Å². The fraction of sp³-hybridized carbons (Fsp3) is 0.714. The van der Waals surface area contributed by atoms with Crippen molar-refractivity contribution in [3.8, 4) is 0 Å². The summed E-state index contributed by atoms with van der Waals surface area (Å²) in [6.45, 7) is 6.56. The SMILES string of the molecule is CC1CN(C(=O)Nc2cn(C)nc2C(C)C)CCS(=O)(=O)C1. The van der Waals surface area contributed by atoms with Crippen molar-refractivity contribution in [2.75, 3.05) is 29.9 Å². The van der Waals surface area contributed by atoms with E-state index in [1.54, 1.807) is 15.8 Å². The minimum Gasteiger partial charge on any atom is -0.323 e. The molecule has 1 aliphatic heterocycles. The lowest BCUT2D eigenvalue weighted by molar-refractivity contribution is 0.210. The number of nitrogens with one attached hydrogen (secondary N) is 1. The van der Waals surface area contributed by atoms with Gasteiger partial charge in [0.1, 0.15) is 0 Å². The molecule has 7 nitrogen and oxygen atoms in total. The average Bonchev–Trinajstić information content (AvgIpc) is 2.67. The lowest BCUT2D eigenvalue weighted by Crippen LogP contribution is -2.38. The number of rotatable bonds is 2. The molecule has 1 atom stereocenters. The van der Waals surface area contributed by atoms with Crippen LogP contribution in [0.2, 0.25) is 0 Å². The van der Waals surface area contributed by atoms with Crippen LogP contribution in [-0.4, -0.2) is 53.7 Å². The molecule has 1 saturated heterocycles. The first-order valence-corrected chi connectivity index (χ1v) is 9.30. The Morgan fingerprint density at radius 3 is 2.77 bits per heavy atom. The fourth-order valence-electron chi connectivity index (χ4n) is 2.69. The van der Waals surface area contributed by atoms with Crippen LogP contribution < -0.4 is 5.32 Å². The first kappa shape index (κ1) is 16.8. The minimum atomic E-state index is -3.06. The van der Waals surface area contributed by atoms with Gasteiger partial charge in [0.05, 0.1) is 22.9 Å². The number of aromatic nitrogens is 2. The molecule has 0 bridgehead atoms. The molecular formula is C14H24N4O3S. The van der Waals surface area contributed by atoms with E-state index < -0.39 is 9.84 Å². The fourth-order valence-corrected chi connectivity index (χ4v) is 4.33. The molecule has 2 amide bonds. The van der Waals surface area contributed by atoms with Crippen molar-refractivity contribution in [1.29, 1.82) is 0 Å². The van der Waals surface area contributed by atoms with Crippen molar-refractivity contribution < 1.29 is 13.2 Å². The quantitative estimate of drug-likeness (QED) is 0.890. The van der Waals surface area contributed by atoms with Gasteiger partial charge in [-0.05, 0) is 11.8 Å². The molecule has 124 valence electrons. The summed E-state index contributed by atoms with van der Waals surface area (Å²) in [4.78, 5) is 14.0. The molecule has 22 heavy (non-hydrogen) atoms. The number of hydrogen-bond donors (Lipinski definition) is 1. The van der Waals surface area contributed by atoms with Crippen molar-refractivity contribution in [3.63, 3.8) is 0 Å². The average molecular weight is 328 g/mol. The summed E-state index contributed by atoms with van der Waals surface area (Å²) >= 11 is 0. The minimum absolute atomic E-state index is 0.0227. The van der Waals surface area contributed by atoms with Gasteiger partial charge in [-0.2, -0.15) is 5.10 Å². The highest BCUT2D eigenvalue weighted by molar-refractivity contribution is 7.91. The number of urea groups is 1. The molecule has 1 unspecified atom stereocenters. The second-order valence-corrected chi connectivity index (χ2v) is 8.58. The van der Waals surface area contributed by atoms with Gasteiger partial charge >= 0.3 is 6.03 Å². The first-order valence-electron chi connectivity index (χ1n) is 7.48. The Morgan fingerprint density at radius 2 is 2.14 bits per heavy atom. The number of nitrogens with zero attached hydrogens (tertiary/aromatic N) is 3. The van der Waals surface area contributed by atoms with Gasteiger partial charge in [-0.25, -0.2) is 13.2 Å². The van der Waals surface area contributed by atoms with Crippen LogP contribution in [0.4, 0.5) is 10.5 Å². The third kappa shape index (κ3) is 4.00. The highest BCUT2D eigenvalue weighted by atomic mass is 32.2. The molecular weight excluding hydrogens is 304 g/mol. The van der Waals surface area contributed by atoms with Crippen LogP contribution >= 0.6 is 0 Å². The van der Waals surface area contributed by atoms with Crippen molar-refractivity contribution in [2.24, 2.45) is 13.0 Å². The first-order chi connectivity index (χ1) is 10.2.